The van der Waals surface area contributed by atoms with Gasteiger partial charge in [-0.15, -0.1) is 0 Å². The number of benzene rings is 1. The summed E-state index contributed by atoms with van der Waals surface area (Å²) in [4.78, 5) is 18.8. The first kappa shape index (κ1) is 12.8. The van der Waals surface area contributed by atoms with Gasteiger partial charge >= 0.3 is 0 Å². The number of hydrogen-bond acceptors (Lipinski definition) is 2. The minimum absolute atomic E-state index is 0.197. The Hall–Kier alpha value is -1.68. The number of nitrogens with one attached hydrogen (secondary N) is 1. The van der Waals surface area contributed by atoms with Crippen LogP contribution in [0.1, 0.15) is 18.2 Å². The monoisotopic (exact) mass is 266 g/mol. The van der Waals surface area contributed by atoms with Crippen molar-refractivity contribution in [3.63, 3.8) is 0 Å². The normalized spacial score (nSPS) is 10.7. The summed E-state index contributed by atoms with van der Waals surface area (Å²) in [5.74, 6) is -0.0543. The van der Waals surface area contributed by atoms with E-state index in [1.165, 1.54) is 18.2 Å². The quantitative estimate of drug-likeness (QED) is 0.908. The van der Waals surface area contributed by atoms with Crippen molar-refractivity contribution >= 4 is 11.6 Å². The zero-order valence-corrected chi connectivity index (χ0v) is 10.8. The summed E-state index contributed by atoms with van der Waals surface area (Å²) >= 11 is 5.95. The molecule has 94 valence electrons. The van der Waals surface area contributed by atoms with Crippen molar-refractivity contribution in [3.8, 4) is 11.4 Å². The fourth-order valence-electron chi connectivity index (χ4n) is 1.73. The average molecular weight is 267 g/mol. The van der Waals surface area contributed by atoms with Crippen LogP contribution in [0.4, 0.5) is 4.39 Å². The van der Waals surface area contributed by atoms with Crippen molar-refractivity contribution in [3.05, 3.63) is 50.7 Å². The van der Waals surface area contributed by atoms with Gasteiger partial charge in [0.2, 0.25) is 0 Å². The number of rotatable bonds is 2. The summed E-state index contributed by atoms with van der Waals surface area (Å²) in [5.41, 5.74) is 1.63. The minimum Gasteiger partial charge on any atom is -0.306 e. The molecule has 5 heteroatoms. The van der Waals surface area contributed by atoms with E-state index in [2.05, 4.69) is 9.97 Å². The maximum Gasteiger partial charge on any atom is 0.254 e. The number of H-pyrrole nitrogens is 1. The second-order valence-electron chi connectivity index (χ2n) is 3.96. The molecule has 0 aliphatic carbocycles. The van der Waals surface area contributed by atoms with Crippen LogP contribution in [0.15, 0.2) is 23.0 Å². The van der Waals surface area contributed by atoms with Crippen molar-refractivity contribution in [1.82, 2.24) is 9.97 Å². The van der Waals surface area contributed by atoms with E-state index in [4.69, 9.17) is 11.6 Å². The highest BCUT2D eigenvalue weighted by Crippen LogP contribution is 2.25. The molecule has 0 atom stereocenters. The fraction of sp³-hybridized carbons (Fsp3) is 0.231. The molecular formula is C13H12ClFN2O. The Kier molecular flexibility index (Phi) is 3.48. The van der Waals surface area contributed by atoms with Crippen LogP contribution in [0.2, 0.25) is 5.02 Å². The van der Waals surface area contributed by atoms with Crippen molar-refractivity contribution < 1.29 is 4.39 Å². The summed E-state index contributed by atoms with van der Waals surface area (Å²) in [5, 5.41) is 0.226. The highest BCUT2D eigenvalue weighted by Gasteiger charge is 2.11. The average Bonchev–Trinajstić information content (AvgIpc) is 2.32. The Morgan fingerprint density at radius 2 is 2.17 bits per heavy atom. The third kappa shape index (κ3) is 2.29. The van der Waals surface area contributed by atoms with Gasteiger partial charge in [0.25, 0.3) is 5.56 Å². The molecule has 1 N–H and O–H groups in total. The predicted molar refractivity (Wildman–Crippen MR) is 69.4 cm³/mol. The van der Waals surface area contributed by atoms with Gasteiger partial charge in [-0.2, -0.15) is 0 Å². The van der Waals surface area contributed by atoms with Gasteiger partial charge in [-0.25, -0.2) is 9.37 Å². The molecule has 0 bridgehead atoms. The molecule has 0 fully saturated rings. The van der Waals surface area contributed by atoms with Gasteiger partial charge < -0.3 is 4.98 Å². The summed E-state index contributed by atoms with van der Waals surface area (Å²) in [6.07, 6.45) is 0.654. The Balaban J connectivity index is 2.64. The molecule has 0 unspecified atom stereocenters. The van der Waals surface area contributed by atoms with E-state index in [9.17, 15) is 9.18 Å². The fourth-order valence-corrected chi connectivity index (χ4v) is 1.99. The molecule has 2 rings (SSSR count). The molecule has 3 nitrogen and oxygen atoms in total. The van der Waals surface area contributed by atoms with Crippen LogP contribution in [0, 0.1) is 12.7 Å². The zero-order valence-electron chi connectivity index (χ0n) is 10.1. The van der Waals surface area contributed by atoms with E-state index >= 15 is 0 Å². The largest absolute Gasteiger partial charge is 0.306 e. The van der Waals surface area contributed by atoms with Gasteiger partial charge in [0.15, 0.2) is 0 Å². The Bertz CT molecular complexity index is 652. The topological polar surface area (TPSA) is 45.8 Å². The molecule has 0 aliphatic rings. The standard InChI is InChI=1S/C13H12ClFN2O/c1-3-11-7(2)13(18)17-12(16-11)9-5-4-8(15)6-10(9)14/h4-6H,3H2,1-2H3,(H,16,17,18). The summed E-state index contributed by atoms with van der Waals surface area (Å²) in [7, 11) is 0. The smallest absolute Gasteiger partial charge is 0.254 e. The number of nitrogens with zero attached hydrogens (tertiary/aromatic N) is 1. The highest BCUT2D eigenvalue weighted by molar-refractivity contribution is 6.33. The van der Waals surface area contributed by atoms with Gasteiger partial charge in [0.1, 0.15) is 11.6 Å². The lowest BCUT2D eigenvalue weighted by molar-refractivity contribution is 0.628. The summed E-state index contributed by atoms with van der Waals surface area (Å²) in [6.45, 7) is 3.64. The zero-order chi connectivity index (χ0) is 13.3. The van der Waals surface area contributed by atoms with Gasteiger partial charge in [0, 0.05) is 11.1 Å². The van der Waals surface area contributed by atoms with Crippen LogP contribution in [0.5, 0.6) is 0 Å². The molecular weight excluding hydrogens is 255 g/mol. The molecule has 2 aromatic rings. The first-order valence-corrected chi connectivity index (χ1v) is 5.96. The molecule has 1 aromatic carbocycles. The number of aromatic amines is 1. The number of aromatic nitrogens is 2. The van der Waals surface area contributed by atoms with Crippen LogP contribution in [-0.2, 0) is 6.42 Å². The van der Waals surface area contributed by atoms with E-state index in [0.717, 1.165) is 0 Å². The first-order valence-electron chi connectivity index (χ1n) is 5.58. The van der Waals surface area contributed by atoms with Crippen molar-refractivity contribution in [2.24, 2.45) is 0 Å². The van der Waals surface area contributed by atoms with Gasteiger partial charge in [-0.05, 0) is 31.5 Å². The maximum absolute atomic E-state index is 13.0. The van der Waals surface area contributed by atoms with E-state index in [1.807, 2.05) is 6.92 Å². The Morgan fingerprint density at radius 1 is 1.44 bits per heavy atom. The van der Waals surface area contributed by atoms with Crippen LogP contribution in [-0.4, -0.2) is 9.97 Å². The van der Waals surface area contributed by atoms with E-state index in [1.54, 1.807) is 6.92 Å². The molecule has 1 heterocycles. The minimum atomic E-state index is -0.422. The van der Waals surface area contributed by atoms with E-state index in [0.29, 0.717) is 29.1 Å². The lowest BCUT2D eigenvalue weighted by atomic mass is 10.1. The summed E-state index contributed by atoms with van der Waals surface area (Å²) in [6, 6.07) is 3.99. The SMILES string of the molecule is CCc1nc(-c2ccc(F)cc2Cl)[nH]c(=O)c1C. The highest BCUT2D eigenvalue weighted by atomic mass is 35.5. The Morgan fingerprint density at radius 3 is 2.78 bits per heavy atom. The second-order valence-corrected chi connectivity index (χ2v) is 4.37. The lowest BCUT2D eigenvalue weighted by Crippen LogP contribution is -2.15. The molecule has 0 saturated heterocycles. The summed E-state index contributed by atoms with van der Waals surface area (Å²) < 4.78 is 13.0. The van der Waals surface area contributed by atoms with Crippen LogP contribution < -0.4 is 5.56 Å². The third-order valence-corrected chi connectivity index (χ3v) is 3.09. The first-order chi connectivity index (χ1) is 8.52. The molecule has 0 spiro atoms. The number of hydrogen-bond donors (Lipinski definition) is 1. The Labute approximate surface area is 109 Å². The number of halogens is 2. The van der Waals surface area contributed by atoms with Crippen molar-refractivity contribution in [2.75, 3.05) is 0 Å². The molecule has 0 aliphatic heterocycles. The van der Waals surface area contributed by atoms with Crippen molar-refractivity contribution in [2.45, 2.75) is 20.3 Å². The molecule has 0 amide bonds. The lowest BCUT2D eigenvalue weighted by Gasteiger charge is -2.07. The van der Waals surface area contributed by atoms with Crippen LogP contribution in [0.25, 0.3) is 11.4 Å². The van der Waals surface area contributed by atoms with E-state index in [-0.39, 0.29) is 10.6 Å². The van der Waals surface area contributed by atoms with Gasteiger partial charge in [-0.1, -0.05) is 18.5 Å². The number of aryl methyl sites for hydroxylation is 1. The maximum atomic E-state index is 13.0. The third-order valence-electron chi connectivity index (χ3n) is 2.77. The molecule has 18 heavy (non-hydrogen) atoms. The molecule has 0 saturated carbocycles. The molecule has 0 radical (unpaired) electrons. The van der Waals surface area contributed by atoms with Crippen LogP contribution >= 0.6 is 11.6 Å². The van der Waals surface area contributed by atoms with Crippen molar-refractivity contribution in [1.29, 1.82) is 0 Å². The van der Waals surface area contributed by atoms with Gasteiger partial charge in [-0.3, -0.25) is 4.79 Å². The van der Waals surface area contributed by atoms with Crippen LogP contribution in [0.3, 0.4) is 0 Å². The van der Waals surface area contributed by atoms with E-state index < -0.39 is 5.82 Å². The van der Waals surface area contributed by atoms with Gasteiger partial charge in [0.05, 0.1) is 10.7 Å². The molecule has 1 aromatic heterocycles. The second kappa shape index (κ2) is 4.90. The predicted octanol–water partition coefficient (Wildman–Crippen LogP) is 3.10.